The molecule has 1 aliphatic heterocycles. The fourth-order valence-corrected chi connectivity index (χ4v) is 3.24. The Labute approximate surface area is 183 Å². The van der Waals surface area contributed by atoms with Crippen LogP contribution in [-0.2, 0) is 11.3 Å². The third-order valence-corrected chi connectivity index (χ3v) is 4.83. The lowest BCUT2D eigenvalue weighted by Gasteiger charge is -2.15. The average molecular weight is 425 g/mol. The van der Waals surface area contributed by atoms with Crippen molar-refractivity contribution in [2.45, 2.75) is 6.61 Å². The van der Waals surface area contributed by atoms with E-state index in [2.05, 4.69) is 24.9 Å². The van der Waals surface area contributed by atoms with Gasteiger partial charge in [0.05, 0.1) is 24.1 Å². The summed E-state index contributed by atoms with van der Waals surface area (Å²) < 4.78 is 11.7. The predicted octanol–water partition coefficient (Wildman–Crippen LogP) is 3.60. The molecule has 2 aromatic heterocycles. The Morgan fingerprint density at radius 1 is 0.938 bits per heavy atom. The summed E-state index contributed by atoms with van der Waals surface area (Å²) in [6.07, 6.45) is 3.44. The lowest BCUT2D eigenvalue weighted by atomic mass is 10.1. The molecule has 8 heteroatoms. The van der Waals surface area contributed by atoms with E-state index >= 15 is 0 Å². The number of hydrogen-bond donors (Lipinski definition) is 1. The number of H-pyrrole nitrogens is 1. The number of ether oxygens (including phenoxy) is 2. The van der Waals surface area contributed by atoms with Gasteiger partial charge in [-0.15, -0.1) is 0 Å². The van der Waals surface area contributed by atoms with Gasteiger partial charge in [-0.25, -0.2) is 15.0 Å². The molecule has 0 saturated heterocycles. The molecule has 0 saturated carbocycles. The maximum absolute atomic E-state index is 12.8. The Hall–Kier alpha value is -4.33. The minimum atomic E-state index is -0.190. The summed E-state index contributed by atoms with van der Waals surface area (Å²) in [6, 6.07) is 18.1. The third kappa shape index (κ3) is 4.24. The van der Waals surface area contributed by atoms with Crippen LogP contribution in [0.4, 0.5) is 0 Å². The number of aliphatic imine (C=N–C) groups is 2. The van der Waals surface area contributed by atoms with Crippen LogP contribution >= 0.6 is 0 Å². The summed E-state index contributed by atoms with van der Waals surface area (Å²) in [6.45, 7) is 1.39. The minimum Gasteiger partial charge on any atom is -0.469 e. The highest BCUT2D eigenvalue weighted by atomic mass is 16.5. The van der Waals surface area contributed by atoms with E-state index in [0.717, 1.165) is 16.6 Å². The van der Waals surface area contributed by atoms with E-state index in [4.69, 9.17) is 9.47 Å². The van der Waals surface area contributed by atoms with E-state index < -0.39 is 0 Å². The molecule has 0 radical (unpaired) electrons. The quantitative estimate of drug-likeness (QED) is 0.492. The number of pyridine rings is 1. The zero-order chi connectivity index (χ0) is 21.8. The zero-order valence-electron chi connectivity index (χ0n) is 17.1. The van der Waals surface area contributed by atoms with Crippen LogP contribution in [0.1, 0.15) is 21.7 Å². The van der Waals surface area contributed by atoms with Gasteiger partial charge in [0.2, 0.25) is 5.78 Å². The molecule has 5 rings (SSSR count). The van der Waals surface area contributed by atoms with Crippen LogP contribution in [0, 0.1) is 0 Å². The summed E-state index contributed by atoms with van der Waals surface area (Å²) in [5.41, 5.74) is 3.01. The number of imidazole rings is 1. The number of nitrogens with one attached hydrogen (secondary N) is 1. The summed E-state index contributed by atoms with van der Waals surface area (Å²) in [7, 11) is 0. The Bertz CT molecular complexity index is 1280. The van der Waals surface area contributed by atoms with Gasteiger partial charge in [0, 0.05) is 23.5 Å². The van der Waals surface area contributed by atoms with Crippen LogP contribution in [0.25, 0.3) is 11.0 Å². The molecule has 32 heavy (non-hydrogen) atoms. The number of aromatic nitrogens is 3. The number of aromatic amines is 1. The molecule has 0 amide bonds. The Morgan fingerprint density at radius 3 is 2.53 bits per heavy atom. The molecule has 0 aliphatic carbocycles. The van der Waals surface area contributed by atoms with E-state index in [-0.39, 0.29) is 5.78 Å². The maximum atomic E-state index is 12.8. The number of carbonyl (C=O) groups is 1. The number of carbonyl (C=O) groups excluding carboxylic acids is 1. The van der Waals surface area contributed by atoms with Gasteiger partial charge in [-0.1, -0.05) is 18.2 Å². The lowest BCUT2D eigenvalue weighted by Crippen LogP contribution is -2.28. The van der Waals surface area contributed by atoms with Crippen molar-refractivity contribution in [1.29, 1.82) is 0 Å². The molecular weight excluding hydrogens is 406 g/mol. The molecule has 0 spiro atoms. The average Bonchev–Trinajstić information content (AvgIpc) is 3.29. The molecule has 8 nitrogen and oxygen atoms in total. The van der Waals surface area contributed by atoms with Gasteiger partial charge in [-0.05, 0) is 42.5 Å². The highest BCUT2D eigenvalue weighted by Crippen LogP contribution is 2.18. The van der Waals surface area contributed by atoms with Crippen molar-refractivity contribution in [3.8, 4) is 5.75 Å². The van der Waals surface area contributed by atoms with Crippen LogP contribution in [0.3, 0.4) is 0 Å². The number of benzene rings is 2. The van der Waals surface area contributed by atoms with Gasteiger partial charge < -0.3 is 14.5 Å². The molecule has 3 heterocycles. The summed E-state index contributed by atoms with van der Waals surface area (Å²) in [5.74, 6) is 1.31. The van der Waals surface area contributed by atoms with Crippen LogP contribution in [0.5, 0.6) is 5.75 Å². The normalized spacial score (nSPS) is 13.4. The highest BCUT2D eigenvalue weighted by molar-refractivity contribution is 6.36. The minimum absolute atomic E-state index is 0.190. The van der Waals surface area contributed by atoms with E-state index in [9.17, 15) is 4.79 Å². The highest BCUT2D eigenvalue weighted by Gasteiger charge is 2.18. The first-order valence-corrected chi connectivity index (χ1v) is 10.1. The van der Waals surface area contributed by atoms with Gasteiger partial charge in [0.25, 0.3) is 11.8 Å². The van der Waals surface area contributed by atoms with Crippen molar-refractivity contribution in [3.63, 3.8) is 0 Å². The van der Waals surface area contributed by atoms with Crippen molar-refractivity contribution in [2.24, 2.45) is 9.98 Å². The second kappa shape index (κ2) is 8.81. The first kappa shape index (κ1) is 19.6. The van der Waals surface area contributed by atoms with Gasteiger partial charge in [0.1, 0.15) is 12.4 Å². The van der Waals surface area contributed by atoms with Gasteiger partial charge in [-0.2, -0.15) is 0 Å². The monoisotopic (exact) mass is 425 g/mol. The second-order valence-electron chi connectivity index (χ2n) is 7.08. The molecule has 4 aromatic rings. The van der Waals surface area contributed by atoms with Crippen LogP contribution in [0.2, 0.25) is 0 Å². The van der Waals surface area contributed by atoms with Crippen molar-refractivity contribution in [1.82, 2.24) is 15.0 Å². The first-order valence-electron chi connectivity index (χ1n) is 10.1. The second-order valence-corrected chi connectivity index (χ2v) is 7.08. The fraction of sp³-hybridized carbons (Fsp3) is 0.125. The number of ketones is 1. The van der Waals surface area contributed by atoms with Gasteiger partial charge >= 0.3 is 0 Å². The Kier molecular flexibility index (Phi) is 5.40. The largest absolute Gasteiger partial charge is 0.469 e. The van der Waals surface area contributed by atoms with Gasteiger partial charge in [-0.3, -0.25) is 9.78 Å². The molecule has 0 unspecified atom stereocenters. The summed E-state index contributed by atoms with van der Waals surface area (Å²) >= 11 is 0. The number of fused-ring (bicyclic) bond motifs is 1. The van der Waals surface area contributed by atoms with Gasteiger partial charge in [0.15, 0.2) is 5.82 Å². The molecule has 158 valence electrons. The molecule has 2 aromatic carbocycles. The first-order chi connectivity index (χ1) is 15.8. The Balaban J connectivity index is 1.26. The smallest absolute Gasteiger partial charge is 0.278 e. The van der Waals surface area contributed by atoms with Crippen LogP contribution < -0.4 is 4.74 Å². The topological polar surface area (TPSA) is 102 Å². The predicted molar refractivity (Wildman–Crippen MR) is 120 cm³/mol. The molecule has 0 bridgehead atoms. The van der Waals surface area contributed by atoms with Crippen molar-refractivity contribution in [2.75, 3.05) is 13.1 Å². The molecule has 1 aliphatic rings. The van der Waals surface area contributed by atoms with E-state index in [1.54, 1.807) is 36.7 Å². The number of nitrogens with zero attached hydrogens (tertiary/aromatic N) is 4. The Morgan fingerprint density at radius 2 is 1.75 bits per heavy atom. The fourth-order valence-electron chi connectivity index (χ4n) is 3.24. The molecular formula is C24H19N5O3. The van der Waals surface area contributed by atoms with Crippen molar-refractivity contribution in [3.05, 3.63) is 90.0 Å². The molecule has 0 fully saturated rings. The maximum Gasteiger partial charge on any atom is 0.278 e. The van der Waals surface area contributed by atoms with Crippen LogP contribution in [-0.4, -0.2) is 45.6 Å². The molecule has 0 atom stereocenters. The standard InChI is InChI=1S/C24H19N5O3/c30-21(22-28-19-5-1-2-6-20(19)29-22)17-7-9-18(10-8-17)32-24-23(26-12-13-27-24)31-15-16-4-3-11-25-14-16/h1-11,14H,12-13,15H2,(H,28,29). The number of rotatable bonds is 5. The third-order valence-electron chi connectivity index (χ3n) is 4.83. The van der Waals surface area contributed by atoms with E-state index in [0.29, 0.717) is 48.6 Å². The number of para-hydroxylation sites is 2. The summed E-state index contributed by atoms with van der Waals surface area (Å²) in [4.78, 5) is 33.1. The molecule has 1 N–H and O–H groups in total. The number of hydrogen-bond acceptors (Lipinski definition) is 7. The van der Waals surface area contributed by atoms with Crippen LogP contribution in [0.15, 0.2) is 83.0 Å². The van der Waals surface area contributed by atoms with Crippen molar-refractivity contribution >= 4 is 28.6 Å². The summed E-state index contributed by atoms with van der Waals surface area (Å²) in [5, 5.41) is 0. The SMILES string of the molecule is O=C(c1ccc(OC2=NCCN=C2OCc2cccnc2)cc1)c1nc2ccccc2[nH]1. The van der Waals surface area contributed by atoms with E-state index in [1.165, 1.54) is 0 Å². The van der Waals surface area contributed by atoms with E-state index in [1.807, 2.05) is 36.4 Å². The zero-order valence-corrected chi connectivity index (χ0v) is 17.1. The van der Waals surface area contributed by atoms with Crippen molar-refractivity contribution < 1.29 is 14.3 Å². The lowest BCUT2D eigenvalue weighted by molar-refractivity contribution is 0.103.